The number of halogens is 1. The maximum absolute atomic E-state index is 5.37. The molecule has 0 aromatic rings. The third-order valence-corrected chi connectivity index (χ3v) is 4.39. The first kappa shape index (κ1) is 23.9. The monoisotopic (exact) mass is 454 g/mol. The van der Waals surface area contributed by atoms with Gasteiger partial charge in [-0.1, -0.05) is 6.42 Å². The molecule has 0 radical (unpaired) electrons. The molecular weight excluding hydrogens is 415 g/mol. The van der Waals surface area contributed by atoms with E-state index in [1.807, 2.05) is 6.92 Å². The number of unbranched alkanes of at least 4 members (excludes halogenated alkanes) is 1. The van der Waals surface area contributed by atoms with Gasteiger partial charge in [-0.3, -0.25) is 9.89 Å². The minimum atomic E-state index is 0. The first-order chi connectivity index (χ1) is 11.1. The van der Waals surface area contributed by atoms with E-state index < -0.39 is 0 Å². The number of likely N-dealkylation sites (tertiary alicyclic amines) is 1. The van der Waals surface area contributed by atoms with Crippen LogP contribution in [-0.2, 0) is 4.74 Å². The zero-order valence-electron chi connectivity index (χ0n) is 16.2. The Balaban J connectivity index is 0.00000529. The van der Waals surface area contributed by atoms with Gasteiger partial charge in [0.05, 0.1) is 6.54 Å². The largest absolute Gasteiger partial charge is 0.382 e. The molecule has 1 aliphatic heterocycles. The van der Waals surface area contributed by atoms with E-state index in [9.17, 15) is 0 Å². The summed E-state index contributed by atoms with van der Waals surface area (Å²) in [5.74, 6) is 0.939. The number of rotatable bonds is 10. The van der Waals surface area contributed by atoms with Crippen molar-refractivity contribution >= 4 is 29.9 Å². The van der Waals surface area contributed by atoms with Crippen molar-refractivity contribution in [3.8, 4) is 0 Å². The fraction of sp³-hybridized carbons (Fsp3) is 0.944. The van der Waals surface area contributed by atoms with E-state index in [4.69, 9.17) is 9.73 Å². The van der Waals surface area contributed by atoms with Gasteiger partial charge in [0.15, 0.2) is 5.96 Å². The van der Waals surface area contributed by atoms with Gasteiger partial charge in [0.2, 0.25) is 0 Å². The van der Waals surface area contributed by atoms with Crippen LogP contribution >= 0.6 is 24.0 Å². The quantitative estimate of drug-likeness (QED) is 0.230. The molecule has 0 spiro atoms. The van der Waals surface area contributed by atoms with E-state index in [-0.39, 0.29) is 29.5 Å². The number of nitrogens with zero attached hydrogens (tertiary/aromatic N) is 2. The van der Waals surface area contributed by atoms with E-state index in [0.717, 1.165) is 51.6 Å². The Hall–Kier alpha value is -0.0800. The minimum Gasteiger partial charge on any atom is -0.382 e. The second-order valence-electron chi connectivity index (χ2n) is 6.89. The second-order valence-corrected chi connectivity index (χ2v) is 6.89. The molecule has 0 bridgehead atoms. The molecule has 0 aromatic carbocycles. The lowest BCUT2D eigenvalue weighted by Gasteiger charge is -2.40. The highest BCUT2D eigenvalue weighted by Crippen LogP contribution is 2.20. The Kier molecular flexibility index (Phi) is 14.1. The molecule has 1 aliphatic rings. The highest BCUT2D eigenvalue weighted by molar-refractivity contribution is 14.0. The van der Waals surface area contributed by atoms with Crippen molar-refractivity contribution in [1.29, 1.82) is 0 Å². The van der Waals surface area contributed by atoms with Crippen molar-refractivity contribution in [2.24, 2.45) is 4.99 Å². The smallest absolute Gasteiger partial charge is 0.191 e. The molecule has 0 amide bonds. The molecule has 1 rings (SSSR count). The summed E-state index contributed by atoms with van der Waals surface area (Å²) in [5.41, 5.74) is 0.137. The second kappa shape index (κ2) is 14.1. The van der Waals surface area contributed by atoms with Crippen molar-refractivity contribution < 1.29 is 4.74 Å². The zero-order chi connectivity index (χ0) is 17.0. The van der Waals surface area contributed by atoms with Crippen LogP contribution in [0.5, 0.6) is 0 Å². The number of guanidine groups is 1. The van der Waals surface area contributed by atoms with Gasteiger partial charge >= 0.3 is 0 Å². The molecule has 0 aromatic heterocycles. The molecular formula is C18H39IN4O. The number of ether oxygens (including phenoxy) is 1. The highest BCUT2D eigenvalue weighted by Gasteiger charge is 2.27. The molecule has 0 unspecified atom stereocenters. The molecule has 0 saturated carbocycles. The predicted molar refractivity (Wildman–Crippen MR) is 115 cm³/mol. The molecule has 144 valence electrons. The van der Waals surface area contributed by atoms with Crippen LogP contribution < -0.4 is 10.6 Å². The topological polar surface area (TPSA) is 48.9 Å². The summed E-state index contributed by atoms with van der Waals surface area (Å²) in [7, 11) is 0. The molecule has 6 heteroatoms. The van der Waals surface area contributed by atoms with Gasteiger partial charge in [-0.2, -0.15) is 0 Å². The Labute approximate surface area is 166 Å². The number of hydrogen-bond acceptors (Lipinski definition) is 3. The fourth-order valence-corrected chi connectivity index (χ4v) is 2.89. The van der Waals surface area contributed by atoms with Crippen molar-refractivity contribution in [2.45, 2.75) is 65.3 Å². The molecule has 1 fully saturated rings. The summed E-state index contributed by atoms with van der Waals surface area (Å²) >= 11 is 0. The summed E-state index contributed by atoms with van der Waals surface area (Å²) < 4.78 is 5.37. The first-order valence-electron chi connectivity index (χ1n) is 9.45. The van der Waals surface area contributed by atoms with Gasteiger partial charge in [0.1, 0.15) is 0 Å². The minimum absolute atomic E-state index is 0. The summed E-state index contributed by atoms with van der Waals surface area (Å²) in [6, 6.07) is 0. The third kappa shape index (κ3) is 10.0. The van der Waals surface area contributed by atoms with Crippen LogP contribution in [0.2, 0.25) is 0 Å². The van der Waals surface area contributed by atoms with E-state index in [1.165, 1.54) is 32.4 Å². The highest BCUT2D eigenvalue weighted by atomic mass is 127. The molecule has 5 nitrogen and oxygen atoms in total. The van der Waals surface area contributed by atoms with Gasteiger partial charge in [0, 0.05) is 31.8 Å². The van der Waals surface area contributed by atoms with Crippen LogP contribution in [0.4, 0.5) is 0 Å². The van der Waals surface area contributed by atoms with Gasteiger partial charge in [-0.25, -0.2) is 0 Å². The summed E-state index contributed by atoms with van der Waals surface area (Å²) in [4.78, 5) is 7.40. The van der Waals surface area contributed by atoms with Crippen LogP contribution in [0.25, 0.3) is 0 Å². The fourth-order valence-electron chi connectivity index (χ4n) is 2.89. The number of aliphatic imine (C=N–C) groups is 1. The van der Waals surface area contributed by atoms with Gasteiger partial charge in [0.25, 0.3) is 0 Å². The lowest BCUT2D eigenvalue weighted by Crippen LogP contribution is -2.49. The zero-order valence-corrected chi connectivity index (χ0v) is 18.5. The van der Waals surface area contributed by atoms with E-state index in [1.54, 1.807) is 0 Å². The van der Waals surface area contributed by atoms with Crippen molar-refractivity contribution in [3.63, 3.8) is 0 Å². The van der Waals surface area contributed by atoms with Gasteiger partial charge < -0.3 is 15.4 Å². The maximum atomic E-state index is 5.37. The maximum Gasteiger partial charge on any atom is 0.191 e. The standard InChI is InChI=1S/C18H38N4O.HI/c1-5-19-17(20-12-8-11-15-23-6-2)21-16-18(3,4)22-13-9-7-10-14-22;/h5-16H2,1-4H3,(H2,19,20,21);1H. The van der Waals surface area contributed by atoms with Crippen LogP contribution in [-0.4, -0.2) is 62.3 Å². The average molecular weight is 454 g/mol. The number of piperidine rings is 1. The Morgan fingerprint density at radius 2 is 1.79 bits per heavy atom. The van der Waals surface area contributed by atoms with Crippen molar-refractivity contribution in [2.75, 3.05) is 45.9 Å². The first-order valence-corrected chi connectivity index (χ1v) is 9.45. The molecule has 2 N–H and O–H groups in total. The van der Waals surface area contributed by atoms with Crippen molar-refractivity contribution in [3.05, 3.63) is 0 Å². The Bertz CT molecular complexity index is 331. The molecule has 1 saturated heterocycles. The van der Waals surface area contributed by atoms with Crippen LogP contribution in [0.1, 0.15) is 59.8 Å². The molecule has 0 atom stereocenters. The Morgan fingerprint density at radius 3 is 2.42 bits per heavy atom. The summed E-state index contributed by atoms with van der Waals surface area (Å²) in [6.45, 7) is 15.5. The lowest BCUT2D eigenvalue weighted by molar-refractivity contribution is 0.102. The van der Waals surface area contributed by atoms with Crippen LogP contribution in [0.3, 0.4) is 0 Å². The van der Waals surface area contributed by atoms with Gasteiger partial charge in [-0.15, -0.1) is 24.0 Å². The number of nitrogens with one attached hydrogen (secondary N) is 2. The van der Waals surface area contributed by atoms with E-state index >= 15 is 0 Å². The SMILES string of the molecule is CCNC(=NCC(C)(C)N1CCCCC1)NCCCCOCC.I. The van der Waals surface area contributed by atoms with E-state index in [0.29, 0.717) is 0 Å². The Morgan fingerprint density at radius 1 is 1.08 bits per heavy atom. The molecule has 0 aliphatic carbocycles. The summed E-state index contributed by atoms with van der Waals surface area (Å²) in [6.07, 6.45) is 6.23. The average Bonchev–Trinajstić information content (AvgIpc) is 2.56. The number of hydrogen-bond donors (Lipinski definition) is 2. The normalized spacial score (nSPS) is 16.6. The van der Waals surface area contributed by atoms with Crippen LogP contribution in [0.15, 0.2) is 4.99 Å². The van der Waals surface area contributed by atoms with Gasteiger partial charge in [-0.05, 0) is 66.5 Å². The van der Waals surface area contributed by atoms with Crippen LogP contribution in [0, 0.1) is 0 Å². The molecule has 1 heterocycles. The van der Waals surface area contributed by atoms with E-state index in [2.05, 4.69) is 36.3 Å². The predicted octanol–water partition coefficient (Wildman–Crippen LogP) is 3.24. The summed E-state index contributed by atoms with van der Waals surface area (Å²) in [5, 5.41) is 6.79. The van der Waals surface area contributed by atoms with Crippen molar-refractivity contribution in [1.82, 2.24) is 15.5 Å². The molecule has 24 heavy (non-hydrogen) atoms. The third-order valence-electron chi connectivity index (χ3n) is 4.39. The lowest BCUT2D eigenvalue weighted by atomic mass is 9.99.